The van der Waals surface area contributed by atoms with Crippen LogP contribution in [0.2, 0.25) is 0 Å². The van der Waals surface area contributed by atoms with E-state index in [0.29, 0.717) is 26.3 Å². The molecule has 270 valence electrons. The Morgan fingerprint density at radius 3 is 1.20 bits per heavy atom. The maximum absolute atomic E-state index is 9.63. The molecule has 0 saturated carbocycles. The highest BCUT2D eigenvalue weighted by Crippen LogP contribution is 2.33. The number of aliphatic hydroxyl groups excluding tert-OH is 4. The van der Waals surface area contributed by atoms with Gasteiger partial charge in [-0.15, -0.1) is 0 Å². The maximum Gasteiger partial charge on any atom is 0.123 e. The van der Waals surface area contributed by atoms with Gasteiger partial charge in [0.05, 0.1) is 37.5 Å². The molecule has 0 heterocycles. The summed E-state index contributed by atoms with van der Waals surface area (Å²) in [6.07, 6.45) is 0. The molecule has 4 aromatic rings. The molecule has 0 aliphatic rings. The lowest BCUT2D eigenvalue weighted by Gasteiger charge is -2.27. The molecule has 6 N–H and O–H groups in total. The fourth-order valence-electron chi connectivity index (χ4n) is 5.91. The fraction of sp³-hybridized carbons (Fsp3) is 0.429. The van der Waals surface area contributed by atoms with E-state index in [1.54, 1.807) is 13.8 Å². The summed E-state index contributed by atoms with van der Waals surface area (Å²) < 4.78 is 12.8. The minimum atomic E-state index is -0.737. The average molecular weight is 685 g/mol. The number of aryl methyl sites for hydroxylation is 4. The van der Waals surface area contributed by atoms with Gasteiger partial charge in [-0.05, 0) is 134 Å². The standard InChI is InChI=1S/C42H56N2O6/c1-27-17-39(29(3)15-35(27)19-43-41(7,23-45)24-46)49-21-33-11-9-13-37(31(33)5)38-14-10-12-34(32(38)6)22-50-40-18-28(2)36(16-30(40)4)20-44-42(8,25-47)26-48/h9-18,43-48H,19-26H2,1-8H3. The van der Waals surface area contributed by atoms with Crippen LogP contribution in [0, 0.1) is 41.5 Å². The molecule has 0 saturated heterocycles. The first-order valence-corrected chi connectivity index (χ1v) is 17.3. The topological polar surface area (TPSA) is 123 Å². The van der Waals surface area contributed by atoms with Crippen LogP contribution >= 0.6 is 0 Å². The molecule has 50 heavy (non-hydrogen) atoms. The highest BCUT2D eigenvalue weighted by molar-refractivity contribution is 5.72. The Hall–Kier alpha value is -3.76. The Bertz CT molecular complexity index is 1630. The summed E-state index contributed by atoms with van der Waals surface area (Å²) >= 11 is 0. The van der Waals surface area contributed by atoms with E-state index in [0.717, 1.165) is 67.1 Å². The largest absolute Gasteiger partial charge is 0.489 e. The lowest BCUT2D eigenvalue weighted by atomic mass is 9.92. The maximum atomic E-state index is 9.63. The second kappa shape index (κ2) is 17.0. The van der Waals surface area contributed by atoms with Crippen molar-refractivity contribution < 1.29 is 29.9 Å². The number of hydrogen-bond acceptors (Lipinski definition) is 8. The number of hydrogen-bond donors (Lipinski definition) is 6. The van der Waals surface area contributed by atoms with Crippen molar-refractivity contribution in [2.75, 3.05) is 26.4 Å². The third-order valence-corrected chi connectivity index (χ3v) is 10.0. The lowest BCUT2D eigenvalue weighted by molar-refractivity contribution is 0.103. The Morgan fingerprint density at radius 2 is 0.860 bits per heavy atom. The monoisotopic (exact) mass is 684 g/mol. The molecule has 0 amide bonds. The molecule has 0 aliphatic heterocycles. The number of ether oxygens (including phenoxy) is 2. The predicted molar refractivity (Wildman–Crippen MR) is 201 cm³/mol. The summed E-state index contributed by atoms with van der Waals surface area (Å²) in [7, 11) is 0. The van der Waals surface area contributed by atoms with E-state index in [2.05, 4.69) is 85.1 Å². The fourth-order valence-corrected chi connectivity index (χ4v) is 5.91. The van der Waals surface area contributed by atoms with Gasteiger partial charge in [0, 0.05) is 13.1 Å². The molecule has 0 unspecified atom stereocenters. The molecule has 0 atom stereocenters. The van der Waals surface area contributed by atoms with Crippen LogP contribution in [0.4, 0.5) is 0 Å². The summed E-state index contributed by atoms with van der Waals surface area (Å²) in [5.74, 6) is 1.67. The summed E-state index contributed by atoms with van der Waals surface area (Å²) in [5, 5.41) is 45.0. The second-order valence-electron chi connectivity index (χ2n) is 14.3. The summed E-state index contributed by atoms with van der Waals surface area (Å²) in [5.41, 5.74) is 11.9. The van der Waals surface area contributed by atoms with Crippen molar-refractivity contribution in [3.05, 3.63) is 116 Å². The third kappa shape index (κ3) is 9.31. The number of rotatable bonds is 17. The van der Waals surface area contributed by atoms with Crippen LogP contribution in [0.25, 0.3) is 11.1 Å². The molecule has 8 heteroatoms. The molecule has 8 nitrogen and oxygen atoms in total. The van der Waals surface area contributed by atoms with E-state index >= 15 is 0 Å². The minimum absolute atomic E-state index is 0.147. The van der Waals surface area contributed by atoms with Crippen LogP contribution in [0.1, 0.15) is 69.5 Å². The number of nitrogens with one attached hydrogen (secondary N) is 2. The van der Waals surface area contributed by atoms with Crippen LogP contribution in [0.15, 0.2) is 60.7 Å². The van der Waals surface area contributed by atoms with E-state index in [9.17, 15) is 20.4 Å². The molecule has 0 fully saturated rings. The first-order chi connectivity index (χ1) is 23.8. The van der Waals surface area contributed by atoms with Crippen LogP contribution in [0.3, 0.4) is 0 Å². The summed E-state index contributed by atoms with van der Waals surface area (Å²) in [6.45, 7) is 17.4. The van der Waals surface area contributed by atoms with Crippen molar-refractivity contribution in [2.24, 2.45) is 0 Å². The molecule has 0 aliphatic carbocycles. The van der Waals surface area contributed by atoms with Crippen molar-refractivity contribution in [1.82, 2.24) is 10.6 Å². The number of aliphatic hydroxyl groups is 4. The van der Waals surface area contributed by atoms with Gasteiger partial charge in [-0.1, -0.05) is 48.5 Å². The quantitative estimate of drug-likeness (QED) is 0.0798. The molecule has 0 radical (unpaired) electrons. The predicted octanol–water partition coefficient (Wildman–Crippen LogP) is 6.03. The minimum Gasteiger partial charge on any atom is -0.489 e. The van der Waals surface area contributed by atoms with E-state index in [-0.39, 0.29) is 26.4 Å². The van der Waals surface area contributed by atoms with Gasteiger partial charge in [0.2, 0.25) is 0 Å². The Kier molecular flexibility index (Phi) is 13.2. The second-order valence-corrected chi connectivity index (χ2v) is 14.3. The first-order valence-electron chi connectivity index (χ1n) is 17.3. The van der Waals surface area contributed by atoms with Crippen LogP contribution in [-0.2, 0) is 26.3 Å². The van der Waals surface area contributed by atoms with Crippen LogP contribution < -0.4 is 20.1 Å². The SMILES string of the molecule is Cc1cc(OCc2cccc(-c3cccc(COc4cc(C)c(CNC(C)(CO)CO)cc4C)c3C)c2C)c(C)cc1CNC(C)(CO)CO. The normalized spacial score (nSPS) is 12.0. The average Bonchev–Trinajstić information content (AvgIpc) is 3.11. The highest BCUT2D eigenvalue weighted by atomic mass is 16.5. The van der Waals surface area contributed by atoms with Gasteiger partial charge < -0.3 is 40.5 Å². The smallest absolute Gasteiger partial charge is 0.123 e. The van der Waals surface area contributed by atoms with Gasteiger partial charge in [0.1, 0.15) is 24.7 Å². The zero-order valence-corrected chi connectivity index (χ0v) is 31.0. The molecular weight excluding hydrogens is 628 g/mol. The third-order valence-electron chi connectivity index (χ3n) is 10.0. The lowest BCUT2D eigenvalue weighted by Crippen LogP contribution is -2.48. The Labute approximate surface area is 298 Å². The highest BCUT2D eigenvalue weighted by Gasteiger charge is 2.23. The van der Waals surface area contributed by atoms with Gasteiger partial charge in [0.25, 0.3) is 0 Å². The van der Waals surface area contributed by atoms with Crippen LogP contribution in [0.5, 0.6) is 11.5 Å². The van der Waals surface area contributed by atoms with Gasteiger partial charge in [-0.3, -0.25) is 0 Å². The van der Waals surface area contributed by atoms with Crippen molar-refractivity contribution >= 4 is 0 Å². The van der Waals surface area contributed by atoms with Crippen molar-refractivity contribution in [3.63, 3.8) is 0 Å². The van der Waals surface area contributed by atoms with E-state index in [1.165, 1.54) is 11.1 Å². The van der Waals surface area contributed by atoms with E-state index in [4.69, 9.17) is 9.47 Å². The molecule has 4 aromatic carbocycles. The van der Waals surface area contributed by atoms with Crippen molar-refractivity contribution in [2.45, 2.75) is 92.8 Å². The van der Waals surface area contributed by atoms with Gasteiger partial charge in [0.15, 0.2) is 0 Å². The van der Waals surface area contributed by atoms with E-state index < -0.39 is 11.1 Å². The number of benzene rings is 4. The van der Waals surface area contributed by atoms with Crippen LogP contribution in [-0.4, -0.2) is 57.9 Å². The zero-order valence-electron chi connectivity index (χ0n) is 31.0. The van der Waals surface area contributed by atoms with E-state index in [1.807, 2.05) is 27.7 Å². The van der Waals surface area contributed by atoms with Crippen molar-refractivity contribution in [3.8, 4) is 22.6 Å². The molecule has 4 rings (SSSR count). The zero-order chi connectivity index (χ0) is 36.6. The molecule has 0 aromatic heterocycles. The summed E-state index contributed by atoms with van der Waals surface area (Å²) in [6, 6.07) is 21.1. The Morgan fingerprint density at radius 1 is 0.500 bits per heavy atom. The summed E-state index contributed by atoms with van der Waals surface area (Å²) in [4.78, 5) is 0. The molecule has 0 bridgehead atoms. The van der Waals surface area contributed by atoms with Gasteiger partial charge in [-0.2, -0.15) is 0 Å². The molecule has 0 spiro atoms. The van der Waals surface area contributed by atoms with Gasteiger partial charge >= 0.3 is 0 Å². The van der Waals surface area contributed by atoms with Crippen molar-refractivity contribution in [1.29, 1.82) is 0 Å². The van der Waals surface area contributed by atoms with Gasteiger partial charge in [-0.25, -0.2) is 0 Å². The molecular formula is C42H56N2O6. The first kappa shape index (κ1) is 39.0. The Balaban J connectivity index is 1.46.